The molecule has 0 unspecified atom stereocenters. The number of aliphatic carboxylic acids is 1. The fourth-order valence-electron chi connectivity index (χ4n) is 3.44. The number of carboxylic acids is 1. The Morgan fingerprint density at radius 3 is 2.63 bits per heavy atom. The summed E-state index contributed by atoms with van der Waals surface area (Å²) in [7, 11) is 0. The predicted octanol–water partition coefficient (Wildman–Crippen LogP) is 4.69. The van der Waals surface area contributed by atoms with Crippen molar-refractivity contribution in [3.8, 4) is 22.9 Å². The van der Waals surface area contributed by atoms with Crippen LogP contribution in [0, 0.1) is 0 Å². The van der Waals surface area contributed by atoms with E-state index in [-0.39, 0.29) is 12.7 Å². The van der Waals surface area contributed by atoms with Crippen LogP contribution in [-0.2, 0) is 4.79 Å². The number of aromatic nitrogens is 1. The Labute approximate surface area is 157 Å². The maximum Gasteiger partial charge on any atom is 0.341 e. The topological polar surface area (TPSA) is 68.7 Å². The second-order valence-electron chi connectivity index (χ2n) is 6.79. The number of rotatable bonds is 6. The van der Waals surface area contributed by atoms with Gasteiger partial charge >= 0.3 is 5.97 Å². The lowest BCUT2D eigenvalue weighted by atomic mass is 10.0. The van der Waals surface area contributed by atoms with E-state index in [1.807, 2.05) is 42.5 Å². The molecule has 138 valence electrons. The number of nitrogens with zero attached hydrogens (tertiary/aromatic N) is 1. The number of hydrogen-bond acceptors (Lipinski definition) is 4. The molecule has 0 atom stereocenters. The average Bonchev–Trinajstić information content (AvgIpc) is 3.19. The molecule has 27 heavy (non-hydrogen) atoms. The molecule has 1 heterocycles. The molecule has 1 fully saturated rings. The smallest absolute Gasteiger partial charge is 0.341 e. The molecule has 0 saturated heterocycles. The number of benzene rings is 2. The van der Waals surface area contributed by atoms with Crippen molar-refractivity contribution in [2.24, 2.45) is 0 Å². The van der Waals surface area contributed by atoms with Crippen LogP contribution in [0.5, 0.6) is 11.6 Å². The summed E-state index contributed by atoms with van der Waals surface area (Å²) in [5.74, 6) is 0.232. The minimum absolute atomic E-state index is 0.286. The summed E-state index contributed by atoms with van der Waals surface area (Å²) in [5.41, 5.74) is 1.89. The summed E-state index contributed by atoms with van der Waals surface area (Å²) in [4.78, 5) is 15.3. The highest BCUT2D eigenvalue weighted by atomic mass is 16.5. The van der Waals surface area contributed by atoms with Crippen LogP contribution in [0.15, 0.2) is 54.6 Å². The Kier molecular flexibility index (Phi) is 4.92. The molecule has 1 aliphatic rings. The van der Waals surface area contributed by atoms with Crippen LogP contribution in [0.25, 0.3) is 22.0 Å². The molecule has 0 radical (unpaired) electrons. The lowest BCUT2D eigenvalue weighted by Crippen LogP contribution is -2.11. The molecule has 3 aromatic rings. The van der Waals surface area contributed by atoms with Crippen LogP contribution in [-0.4, -0.2) is 28.8 Å². The standard InChI is InChI=1S/C22H21NO4/c24-22(25)14-26-19-11-10-15-12-17(9-8-16(15)13-19)20-6-3-7-21(23-20)27-18-4-1-2-5-18/h3,6-13,18H,1-2,4-5,14H2,(H,24,25). The predicted molar refractivity (Wildman–Crippen MR) is 103 cm³/mol. The third kappa shape index (κ3) is 4.19. The highest BCUT2D eigenvalue weighted by Crippen LogP contribution is 2.28. The molecule has 1 aromatic heterocycles. The van der Waals surface area contributed by atoms with E-state index in [0.29, 0.717) is 11.6 Å². The molecule has 2 aromatic carbocycles. The lowest BCUT2D eigenvalue weighted by Gasteiger charge is -2.13. The highest BCUT2D eigenvalue weighted by molar-refractivity contribution is 5.88. The monoisotopic (exact) mass is 363 g/mol. The van der Waals surface area contributed by atoms with Crippen molar-refractivity contribution in [2.75, 3.05) is 6.61 Å². The van der Waals surface area contributed by atoms with Gasteiger partial charge in [-0.1, -0.05) is 24.3 Å². The van der Waals surface area contributed by atoms with Crippen LogP contribution in [0.2, 0.25) is 0 Å². The van der Waals surface area contributed by atoms with Gasteiger partial charge in [0.1, 0.15) is 11.9 Å². The average molecular weight is 363 g/mol. The van der Waals surface area contributed by atoms with Crippen molar-refractivity contribution < 1.29 is 19.4 Å². The van der Waals surface area contributed by atoms with Gasteiger partial charge in [0, 0.05) is 11.6 Å². The van der Waals surface area contributed by atoms with Crippen molar-refractivity contribution in [2.45, 2.75) is 31.8 Å². The van der Waals surface area contributed by atoms with Gasteiger partial charge in [0.25, 0.3) is 0 Å². The number of pyridine rings is 1. The van der Waals surface area contributed by atoms with Gasteiger partial charge in [-0.3, -0.25) is 0 Å². The third-order valence-corrected chi connectivity index (χ3v) is 4.78. The summed E-state index contributed by atoms with van der Waals surface area (Å²) in [6.07, 6.45) is 4.96. The van der Waals surface area contributed by atoms with Crippen LogP contribution in [0.3, 0.4) is 0 Å². The van der Waals surface area contributed by atoms with E-state index in [1.165, 1.54) is 12.8 Å². The molecular formula is C22H21NO4. The third-order valence-electron chi connectivity index (χ3n) is 4.78. The molecule has 5 heteroatoms. The number of fused-ring (bicyclic) bond motifs is 1. The highest BCUT2D eigenvalue weighted by Gasteiger charge is 2.17. The van der Waals surface area contributed by atoms with Gasteiger partial charge in [0.05, 0.1) is 5.69 Å². The fourth-order valence-corrected chi connectivity index (χ4v) is 3.44. The second-order valence-corrected chi connectivity index (χ2v) is 6.79. The van der Waals surface area contributed by atoms with Gasteiger partial charge in [-0.15, -0.1) is 0 Å². The molecule has 0 aliphatic heterocycles. The minimum Gasteiger partial charge on any atom is -0.482 e. The first-order valence-electron chi connectivity index (χ1n) is 9.20. The Morgan fingerprint density at radius 2 is 1.81 bits per heavy atom. The van der Waals surface area contributed by atoms with Crippen molar-refractivity contribution in [3.63, 3.8) is 0 Å². The zero-order valence-corrected chi connectivity index (χ0v) is 14.9. The maximum absolute atomic E-state index is 10.6. The molecule has 0 amide bonds. The first-order valence-corrected chi connectivity index (χ1v) is 9.20. The van der Waals surface area contributed by atoms with Gasteiger partial charge in [0.15, 0.2) is 6.61 Å². The summed E-state index contributed by atoms with van der Waals surface area (Å²) >= 11 is 0. The van der Waals surface area contributed by atoms with E-state index in [4.69, 9.17) is 14.6 Å². The lowest BCUT2D eigenvalue weighted by molar-refractivity contribution is -0.139. The van der Waals surface area contributed by atoms with Crippen LogP contribution < -0.4 is 9.47 Å². The molecular weight excluding hydrogens is 342 g/mol. The summed E-state index contributed by atoms with van der Waals surface area (Å²) in [6, 6.07) is 17.5. The van der Waals surface area contributed by atoms with Crippen molar-refractivity contribution in [1.82, 2.24) is 4.98 Å². The number of carboxylic acid groups (broad SMARTS) is 1. The van der Waals surface area contributed by atoms with Crippen LogP contribution in [0.1, 0.15) is 25.7 Å². The van der Waals surface area contributed by atoms with Crippen molar-refractivity contribution >= 4 is 16.7 Å². The van der Waals surface area contributed by atoms with Gasteiger partial charge in [-0.05, 0) is 60.7 Å². The zero-order chi connectivity index (χ0) is 18.6. The SMILES string of the molecule is O=C(O)COc1ccc2cc(-c3cccc(OC4CCCC4)n3)ccc2c1. The molecule has 0 spiro atoms. The molecule has 4 rings (SSSR count). The van der Waals surface area contributed by atoms with E-state index in [2.05, 4.69) is 11.1 Å². The number of ether oxygens (including phenoxy) is 2. The van der Waals surface area contributed by atoms with Crippen LogP contribution in [0.4, 0.5) is 0 Å². The van der Waals surface area contributed by atoms with Gasteiger partial charge in [-0.2, -0.15) is 0 Å². The molecule has 5 nitrogen and oxygen atoms in total. The molecule has 1 aliphatic carbocycles. The Hall–Kier alpha value is -3.08. The summed E-state index contributed by atoms with van der Waals surface area (Å²) in [5, 5.41) is 10.7. The quantitative estimate of drug-likeness (QED) is 0.688. The van der Waals surface area contributed by atoms with Gasteiger partial charge < -0.3 is 14.6 Å². The largest absolute Gasteiger partial charge is 0.482 e. The Balaban J connectivity index is 1.56. The maximum atomic E-state index is 10.6. The zero-order valence-electron chi connectivity index (χ0n) is 14.9. The fraction of sp³-hybridized carbons (Fsp3) is 0.273. The number of carbonyl (C=O) groups is 1. The minimum atomic E-state index is -0.990. The first kappa shape index (κ1) is 17.3. The van der Waals surface area contributed by atoms with E-state index in [1.54, 1.807) is 6.07 Å². The molecule has 0 bridgehead atoms. The van der Waals surface area contributed by atoms with E-state index < -0.39 is 5.97 Å². The summed E-state index contributed by atoms with van der Waals surface area (Å²) < 4.78 is 11.3. The second kappa shape index (κ2) is 7.66. The summed E-state index contributed by atoms with van der Waals surface area (Å²) in [6.45, 7) is -0.346. The van der Waals surface area contributed by atoms with E-state index in [9.17, 15) is 4.79 Å². The first-order chi connectivity index (χ1) is 13.2. The van der Waals surface area contributed by atoms with Crippen LogP contribution >= 0.6 is 0 Å². The van der Waals surface area contributed by atoms with Gasteiger partial charge in [-0.25, -0.2) is 9.78 Å². The Bertz CT molecular complexity index is 963. The molecule has 1 N–H and O–H groups in total. The van der Waals surface area contributed by atoms with Gasteiger partial charge in [0.2, 0.25) is 5.88 Å². The normalized spacial score (nSPS) is 14.4. The Morgan fingerprint density at radius 1 is 1.04 bits per heavy atom. The van der Waals surface area contributed by atoms with Crippen molar-refractivity contribution in [3.05, 3.63) is 54.6 Å². The molecule has 1 saturated carbocycles. The van der Waals surface area contributed by atoms with Crippen molar-refractivity contribution in [1.29, 1.82) is 0 Å². The number of hydrogen-bond donors (Lipinski definition) is 1. The van der Waals surface area contributed by atoms with E-state index in [0.717, 1.165) is 34.9 Å². The van der Waals surface area contributed by atoms with E-state index >= 15 is 0 Å².